The average molecular weight is 359 g/mol. The molecule has 0 unspecified atom stereocenters. The molecule has 2 aromatic carbocycles. The first-order valence-corrected chi connectivity index (χ1v) is 7.26. The fourth-order valence-electron chi connectivity index (χ4n) is 2.38. The molecule has 0 fully saturated rings. The summed E-state index contributed by atoms with van der Waals surface area (Å²) in [4.78, 5) is 19.3. The van der Waals surface area contributed by atoms with E-state index in [4.69, 9.17) is 0 Å². The molecule has 4 rings (SSSR count). The minimum atomic E-state index is -0.399. The van der Waals surface area contributed by atoms with Crippen LogP contribution in [0.3, 0.4) is 0 Å². The zero-order valence-electron chi connectivity index (χ0n) is 11.0. The Morgan fingerprint density at radius 2 is 2.00 bits per heavy atom. The number of para-hydroxylation sites is 1. The molecule has 2 heterocycles. The summed E-state index contributed by atoms with van der Waals surface area (Å²) in [5.41, 5.74) is 1.20. The predicted molar refractivity (Wildman–Crippen MR) is 84.2 cm³/mol. The highest BCUT2D eigenvalue weighted by atomic mass is 79.9. The molecule has 0 atom stereocenters. The van der Waals surface area contributed by atoms with Crippen molar-refractivity contribution in [2.75, 3.05) is 0 Å². The molecule has 0 amide bonds. The largest absolute Gasteiger partial charge is 0.348 e. The van der Waals surface area contributed by atoms with Gasteiger partial charge in [0.2, 0.25) is 0 Å². The van der Waals surface area contributed by atoms with Crippen LogP contribution in [0.15, 0.2) is 51.7 Å². The van der Waals surface area contributed by atoms with Gasteiger partial charge in [-0.15, -0.1) is 5.10 Å². The number of hydrogen-bond donors (Lipinski definition) is 1. The Morgan fingerprint density at radius 3 is 2.82 bits per heavy atom. The van der Waals surface area contributed by atoms with E-state index in [0.717, 1.165) is 9.86 Å². The van der Waals surface area contributed by atoms with E-state index in [1.807, 2.05) is 18.2 Å². The lowest BCUT2D eigenvalue weighted by Crippen LogP contribution is -2.17. The van der Waals surface area contributed by atoms with Gasteiger partial charge in [-0.3, -0.25) is 0 Å². The highest BCUT2D eigenvalue weighted by Crippen LogP contribution is 2.24. The summed E-state index contributed by atoms with van der Waals surface area (Å²) >= 11 is 3.40. The first kappa shape index (κ1) is 13.1. The number of aromatic amines is 1. The SMILES string of the molecule is O=c1[nH]c2c(Br)cccc2c2nc(-c3cccc(F)c3)nn12. The van der Waals surface area contributed by atoms with Gasteiger partial charge < -0.3 is 4.98 Å². The summed E-state index contributed by atoms with van der Waals surface area (Å²) < 4.78 is 15.3. The molecule has 4 aromatic rings. The van der Waals surface area contributed by atoms with Gasteiger partial charge in [-0.1, -0.05) is 18.2 Å². The molecule has 108 valence electrons. The van der Waals surface area contributed by atoms with Crippen molar-refractivity contribution in [1.82, 2.24) is 19.6 Å². The number of rotatable bonds is 1. The van der Waals surface area contributed by atoms with E-state index in [9.17, 15) is 9.18 Å². The quantitative estimate of drug-likeness (QED) is 0.568. The van der Waals surface area contributed by atoms with E-state index < -0.39 is 5.69 Å². The Hall–Kier alpha value is -2.54. The number of fused-ring (bicyclic) bond motifs is 3. The van der Waals surface area contributed by atoms with Crippen molar-refractivity contribution in [2.45, 2.75) is 0 Å². The molecule has 0 aliphatic heterocycles. The van der Waals surface area contributed by atoms with Crippen LogP contribution in [0, 0.1) is 5.82 Å². The number of nitrogens with zero attached hydrogens (tertiary/aromatic N) is 3. The molecular formula is C15H8BrFN4O. The zero-order chi connectivity index (χ0) is 15.3. The van der Waals surface area contributed by atoms with E-state index in [-0.39, 0.29) is 5.82 Å². The van der Waals surface area contributed by atoms with Crippen LogP contribution in [0.1, 0.15) is 0 Å². The number of halogens is 2. The van der Waals surface area contributed by atoms with E-state index >= 15 is 0 Å². The molecule has 1 N–H and O–H groups in total. The summed E-state index contributed by atoms with van der Waals surface area (Å²) in [5, 5.41) is 4.94. The monoisotopic (exact) mass is 358 g/mol. The fourth-order valence-corrected chi connectivity index (χ4v) is 2.84. The lowest BCUT2D eigenvalue weighted by Gasteiger charge is -2.00. The van der Waals surface area contributed by atoms with Crippen LogP contribution in [0.5, 0.6) is 0 Å². The minimum Gasteiger partial charge on any atom is -0.304 e. The van der Waals surface area contributed by atoms with Crippen LogP contribution in [-0.2, 0) is 0 Å². The molecule has 0 aliphatic carbocycles. The second kappa shape index (κ2) is 4.74. The van der Waals surface area contributed by atoms with E-state index in [0.29, 0.717) is 22.6 Å². The first-order chi connectivity index (χ1) is 10.6. The number of aromatic nitrogens is 4. The Bertz CT molecular complexity index is 1090. The van der Waals surface area contributed by atoms with Crippen LogP contribution in [-0.4, -0.2) is 19.6 Å². The fraction of sp³-hybridized carbons (Fsp3) is 0. The van der Waals surface area contributed by atoms with Gasteiger partial charge in [-0.2, -0.15) is 4.52 Å². The first-order valence-electron chi connectivity index (χ1n) is 6.47. The zero-order valence-corrected chi connectivity index (χ0v) is 12.6. The Kier molecular flexibility index (Phi) is 2.83. The maximum Gasteiger partial charge on any atom is 0.348 e. The topological polar surface area (TPSA) is 63.0 Å². The Balaban J connectivity index is 2.09. The predicted octanol–water partition coefficient (Wildman–Crippen LogP) is 3.14. The maximum absolute atomic E-state index is 13.4. The van der Waals surface area contributed by atoms with Crippen molar-refractivity contribution < 1.29 is 4.39 Å². The molecule has 0 spiro atoms. The minimum absolute atomic E-state index is 0.303. The molecule has 0 radical (unpaired) electrons. The second-order valence-electron chi connectivity index (χ2n) is 4.77. The summed E-state index contributed by atoms with van der Waals surface area (Å²) in [5.74, 6) is -0.0738. The molecule has 2 aromatic heterocycles. The third-order valence-corrected chi connectivity index (χ3v) is 4.03. The molecule has 0 saturated heterocycles. The van der Waals surface area contributed by atoms with Gasteiger partial charge in [0, 0.05) is 15.4 Å². The van der Waals surface area contributed by atoms with Gasteiger partial charge in [-0.05, 0) is 40.2 Å². The van der Waals surface area contributed by atoms with Crippen LogP contribution in [0.4, 0.5) is 4.39 Å². The Labute approximate surface area is 131 Å². The highest BCUT2D eigenvalue weighted by molar-refractivity contribution is 9.10. The van der Waals surface area contributed by atoms with Crippen LogP contribution < -0.4 is 5.69 Å². The molecule has 0 bridgehead atoms. The standard InChI is InChI=1S/C15H8BrFN4O/c16-11-6-2-5-10-12(11)18-15(22)21-14(10)19-13(20-21)8-3-1-4-9(17)7-8/h1-7H,(H,18,22). The molecule has 0 saturated carbocycles. The van der Waals surface area contributed by atoms with Gasteiger partial charge in [0.05, 0.1) is 5.52 Å². The van der Waals surface area contributed by atoms with Gasteiger partial charge in [0.1, 0.15) is 5.82 Å². The molecular weight excluding hydrogens is 351 g/mol. The maximum atomic E-state index is 13.4. The van der Waals surface area contributed by atoms with Crippen molar-refractivity contribution in [1.29, 1.82) is 0 Å². The highest BCUT2D eigenvalue weighted by Gasteiger charge is 2.13. The molecule has 5 nitrogen and oxygen atoms in total. The summed E-state index contributed by atoms with van der Waals surface area (Å²) in [6.07, 6.45) is 0. The van der Waals surface area contributed by atoms with E-state index in [1.165, 1.54) is 16.6 Å². The van der Waals surface area contributed by atoms with Crippen molar-refractivity contribution in [3.63, 3.8) is 0 Å². The van der Waals surface area contributed by atoms with Crippen molar-refractivity contribution in [2.24, 2.45) is 0 Å². The second-order valence-corrected chi connectivity index (χ2v) is 5.63. The number of benzene rings is 2. The van der Waals surface area contributed by atoms with Crippen LogP contribution >= 0.6 is 15.9 Å². The molecule has 7 heteroatoms. The van der Waals surface area contributed by atoms with Crippen molar-refractivity contribution in [3.05, 3.63) is 63.2 Å². The number of hydrogen-bond acceptors (Lipinski definition) is 3. The van der Waals surface area contributed by atoms with E-state index in [1.54, 1.807) is 12.1 Å². The van der Waals surface area contributed by atoms with E-state index in [2.05, 4.69) is 31.0 Å². The van der Waals surface area contributed by atoms with Gasteiger partial charge >= 0.3 is 5.69 Å². The third-order valence-electron chi connectivity index (χ3n) is 3.37. The van der Waals surface area contributed by atoms with Crippen LogP contribution in [0.25, 0.3) is 27.9 Å². The summed E-state index contributed by atoms with van der Waals surface area (Å²) in [6.45, 7) is 0. The number of H-pyrrole nitrogens is 1. The van der Waals surface area contributed by atoms with Crippen molar-refractivity contribution >= 4 is 32.5 Å². The number of nitrogens with one attached hydrogen (secondary N) is 1. The molecule has 0 aliphatic rings. The van der Waals surface area contributed by atoms with Crippen molar-refractivity contribution in [3.8, 4) is 11.4 Å². The van der Waals surface area contributed by atoms with Gasteiger partial charge in [0.15, 0.2) is 11.5 Å². The smallest absolute Gasteiger partial charge is 0.304 e. The summed E-state index contributed by atoms with van der Waals surface area (Å²) in [7, 11) is 0. The lowest BCUT2D eigenvalue weighted by molar-refractivity contribution is 0.628. The van der Waals surface area contributed by atoms with Gasteiger partial charge in [0.25, 0.3) is 0 Å². The molecule has 22 heavy (non-hydrogen) atoms. The Morgan fingerprint density at radius 1 is 1.18 bits per heavy atom. The third kappa shape index (κ3) is 1.93. The van der Waals surface area contributed by atoms with Crippen LogP contribution in [0.2, 0.25) is 0 Å². The normalized spacial score (nSPS) is 11.4. The average Bonchev–Trinajstić information content (AvgIpc) is 2.95. The summed E-state index contributed by atoms with van der Waals surface area (Å²) in [6, 6.07) is 11.5. The van der Waals surface area contributed by atoms with Gasteiger partial charge in [-0.25, -0.2) is 14.2 Å². The lowest BCUT2D eigenvalue weighted by atomic mass is 10.2.